The zero-order valence-electron chi connectivity index (χ0n) is 9.93. The Labute approximate surface area is 123 Å². The molecule has 1 unspecified atom stereocenters. The number of aryl methyl sites for hydroxylation is 1. The first kappa shape index (κ1) is 14.6. The molecule has 1 aliphatic carbocycles. The third-order valence-electron chi connectivity index (χ3n) is 2.96. The van der Waals surface area contributed by atoms with Gasteiger partial charge in [0, 0.05) is 17.5 Å². The van der Waals surface area contributed by atoms with Crippen molar-refractivity contribution in [1.29, 1.82) is 0 Å². The third-order valence-corrected chi connectivity index (χ3v) is 4.94. The standard InChI is InChI=1S/C12H16F2INOS/c13-11(14)7-17-5-4-16-9-2-1-3-10-8(9)6-12(15)18-10/h6,9,11,16H,1-5,7H2. The van der Waals surface area contributed by atoms with E-state index in [-0.39, 0.29) is 0 Å². The molecule has 102 valence electrons. The lowest BCUT2D eigenvalue weighted by Gasteiger charge is -2.23. The first-order chi connectivity index (χ1) is 8.66. The normalized spacial score (nSPS) is 19.2. The van der Waals surface area contributed by atoms with Crippen molar-refractivity contribution in [3.8, 4) is 0 Å². The zero-order valence-corrected chi connectivity index (χ0v) is 12.9. The summed E-state index contributed by atoms with van der Waals surface area (Å²) in [6.07, 6.45) is 1.11. The summed E-state index contributed by atoms with van der Waals surface area (Å²) in [5.41, 5.74) is 1.39. The number of rotatable bonds is 6. The maximum Gasteiger partial charge on any atom is 0.261 e. The molecule has 0 amide bonds. The van der Waals surface area contributed by atoms with Crippen molar-refractivity contribution in [2.24, 2.45) is 0 Å². The summed E-state index contributed by atoms with van der Waals surface area (Å²) >= 11 is 4.21. The Hall–Kier alpha value is 0.210. The number of fused-ring (bicyclic) bond motifs is 1. The fourth-order valence-corrected chi connectivity index (χ4v) is 4.33. The van der Waals surface area contributed by atoms with Crippen LogP contribution in [0.15, 0.2) is 6.07 Å². The average molecular weight is 387 g/mol. The van der Waals surface area contributed by atoms with Gasteiger partial charge in [-0.3, -0.25) is 0 Å². The van der Waals surface area contributed by atoms with Crippen LogP contribution in [-0.4, -0.2) is 26.2 Å². The minimum absolute atomic E-state index is 0.345. The van der Waals surface area contributed by atoms with Crippen molar-refractivity contribution in [1.82, 2.24) is 5.32 Å². The molecule has 0 bridgehead atoms. The molecule has 0 aliphatic heterocycles. The molecule has 18 heavy (non-hydrogen) atoms. The number of hydrogen-bond acceptors (Lipinski definition) is 3. The Balaban J connectivity index is 1.77. The van der Waals surface area contributed by atoms with Gasteiger partial charge in [-0.2, -0.15) is 0 Å². The second-order valence-corrected chi connectivity index (χ2v) is 7.32. The van der Waals surface area contributed by atoms with Crippen LogP contribution >= 0.6 is 33.9 Å². The first-order valence-electron chi connectivity index (χ1n) is 6.04. The van der Waals surface area contributed by atoms with Crippen LogP contribution in [0.3, 0.4) is 0 Å². The van der Waals surface area contributed by atoms with Crippen LogP contribution in [0.5, 0.6) is 0 Å². The average Bonchev–Trinajstić information content (AvgIpc) is 2.69. The number of nitrogens with one attached hydrogen (secondary N) is 1. The molecule has 0 fully saturated rings. The van der Waals surface area contributed by atoms with Gasteiger partial charge in [0.25, 0.3) is 6.43 Å². The molecular formula is C12H16F2INOS. The van der Waals surface area contributed by atoms with E-state index in [2.05, 4.69) is 34.0 Å². The second-order valence-electron chi connectivity index (χ2n) is 4.29. The molecule has 1 aliphatic rings. The molecule has 0 saturated heterocycles. The second kappa shape index (κ2) is 7.12. The van der Waals surface area contributed by atoms with E-state index >= 15 is 0 Å². The van der Waals surface area contributed by atoms with E-state index in [1.165, 1.54) is 26.2 Å². The molecule has 1 aromatic heterocycles. The summed E-state index contributed by atoms with van der Waals surface area (Å²) in [6, 6.07) is 2.60. The van der Waals surface area contributed by atoms with Crippen LogP contribution < -0.4 is 5.32 Å². The van der Waals surface area contributed by atoms with Crippen molar-refractivity contribution in [2.75, 3.05) is 19.8 Å². The number of ether oxygens (including phenoxy) is 1. The van der Waals surface area contributed by atoms with Gasteiger partial charge in [0.05, 0.1) is 9.49 Å². The Bertz CT molecular complexity index is 386. The summed E-state index contributed by atoms with van der Waals surface area (Å²) in [5, 5.41) is 3.40. The summed E-state index contributed by atoms with van der Waals surface area (Å²) in [6.45, 7) is 0.509. The summed E-state index contributed by atoms with van der Waals surface area (Å²) in [4.78, 5) is 1.47. The zero-order chi connectivity index (χ0) is 13.0. The van der Waals surface area contributed by atoms with E-state index in [1.54, 1.807) is 0 Å². The third kappa shape index (κ3) is 4.11. The molecule has 0 radical (unpaired) electrons. The molecule has 1 heterocycles. The van der Waals surface area contributed by atoms with Gasteiger partial charge in [-0.15, -0.1) is 11.3 Å². The van der Waals surface area contributed by atoms with Crippen LogP contribution in [0.25, 0.3) is 0 Å². The molecule has 6 heteroatoms. The van der Waals surface area contributed by atoms with Gasteiger partial charge in [0.1, 0.15) is 6.61 Å². The smallest absolute Gasteiger partial charge is 0.261 e. The van der Waals surface area contributed by atoms with Crippen molar-refractivity contribution in [3.63, 3.8) is 0 Å². The lowest BCUT2D eigenvalue weighted by Crippen LogP contribution is -2.28. The van der Waals surface area contributed by atoms with E-state index in [0.29, 0.717) is 19.2 Å². The quantitative estimate of drug-likeness (QED) is 0.595. The number of hydrogen-bond donors (Lipinski definition) is 1. The summed E-state index contributed by atoms with van der Waals surface area (Å²) < 4.78 is 29.9. The fraction of sp³-hybridized carbons (Fsp3) is 0.667. The van der Waals surface area contributed by atoms with Gasteiger partial charge in [-0.1, -0.05) is 0 Å². The van der Waals surface area contributed by atoms with Crippen LogP contribution in [0.2, 0.25) is 0 Å². The number of halogens is 3. The molecule has 1 atom stereocenters. The predicted octanol–water partition coefficient (Wildman–Crippen LogP) is 3.60. The first-order valence-corrected chi connectivity index (χ1v) is 7.93. The minimum atomic E-state index is -2.37. The van der Waals surface area contributed by atoms with Crippen molar-refractivity contribution < 1.29 is 13.5 Å². The van der Waals surface area contributed by atoms with Gasteiger partial charge >= 0.3 is 0 Å². The van der Waals surface area contributed by atoms with E-state index in [1.807, 2.05) is 11.3 Å². The van der Waals surface area contributed by atoms with Gasteiger partial charge in [-0.05, 0) is 53.5 Å². The predicted molar refractivity (Wildman–Crippen MR) is 77.5 cm³/mol. The summed E-state index contributed by atoms with van der Waals surface area (Å²) in [5.74, 6) is 0. The molecular weight excluding hydrogens is 371 g/mol. The molecule has 1 aromatic rings. The lowest BCUT2D eigenvalue weighted by atomic mass is 9.94. The highest BCUT2D eigenvalue weighted by Crippen LogP contribution is 2.36. The van der Waals surface area contributed by atoms with Gasteiger partial charge in [-0.25, -0.2) is 8.78 Å². The van der Waals surface area contributed by atoms with Crippen LogP contribution in [0, 0.1) is 2.88 Å². The van der Waals surface area contributed by atoms with E-state index in [0.717, 1.165) is 6.42 Å². The van der Waals surface area contributed by atoms with Gasteiger partial charge < -0.3 is 10.1 Å². The lowest BCUT2D eigenvalue weighted by molar-refractivity contribution is 0.0181. The summed E-state index contributed by atoms with van der Waals surface area (Å²) in [7, 11) is 0. The van der Waals surface area contributed by atoms with Crippen LogP contribution in [0.4, 0.5) is 8.78 Å². The van der Waals surface area contributed by atoms with Crippen LogP contribution in [0.1, 0.15) is 29.3 Å². The highest BCUT2D eigenvalue weighted by atomic mass is 127. The highest BCUT2D eigenvalue weighted by molar-refractivity contribution is 14.1. The Morgan fingerprint density at radius 3 is 3.17 bits per heavy atom. The van der Waals surface area contributed by atoms with E-state index in [4.69, 9.17) is 4.74 Å². The molecule has 1 N–H and O–H groups in total. The molecule has 2 rings (SSSR count). The van der Waals surface area contributed by atoms with Gasteiger partial charge in [0.15, 0.2) is 0 Å². The molecule has 0 aromatic carbocycles. The van der Waals surface area contributed by atoms with Crippen LogP contribution in [-0.2, 0) is 11.2 Å². The molecule has 0 spiro atoms. The molecule has 0 saturated carbocycles. The van der Waals surface area contributed by atoms with E-state index < -0.39 is 13.0 Å². The monoisotopic (exact) mass is 387 g/mol. The van der Waals surface area contributed by atoms with E-state index in [9.17, 15) is 8.78 Å². The van der Waals surface area contributed by atoms with Gasteiger partial charge in [0.2, 0.25) is 0 Å². The largest absolute Gasteiger partial charge is 0.374 e. The number of thiophene rings is 1. The molecule has 2 nitrogen and oxygen atoms in total. The van der Waals surface area contributed by atoms with Crippen molar-refractivity contribution in [2.45, 2.75) is 31.7 Å². The number of alkyl halides is 2. The topological polar surface area (TPSA) is 21.3 Å². The maximum atomic E-state index is 11.9. The Morgan fingerprint density at radius 1 is 1.56 bits per heavy atom. The SMILES string of the molecule is FC(F)COCCNC1CCCc2sc(I)cc21. The van der Waals surface area contributed by atoms with Crippen molar-refractivity contribution in [3.05, 3.63) is 19.4 Å². The fourth-order valence-electron chi connectivity index (χ4n) is 2.21. The minimum Gasteiger partial charge on any atom is -0.374 e. The Kier molecular flexibility index (Phi) is 5.78. The highest BCUT2D eigenvalue weighted by Gasteiger charge is 2.21. The Morgan fingerprint density at radius 2 is 2.39 bits per heavy atom. The van der Waals surface area contributed by atoms with Crippen molar-refractivity contribution >= 4 is 33.9 Å². The maximum absolute atomic E-state index is 11.9.